The van der Waals surface area contributed by atoms with Gasteiger partial charge in [-0.05, 0) is 80.5 Å². The first-order valence-electron chi connectivity index (χ1n) is 20.3. The van der Waals surface area contributed by atoms with Gasteiger partial charge in [-0.15, -0.1) is 0 Å². The highest BCUT2D eigenvalue weighted by Crippen LogP contribution is 2.23. The van der Waals surface area contributed by atoms with Crippen molar-refractivity contribution < 1.29 is 62.1 Å². The number of carboxylic acid groups (broad SMARTS) is 2. The molecule has 19 nitrogen and oxygen atoms in total. The first-order chi connectivity index (χ1) is 28.7. The zero-order valence-electron chi connectivity index (χ0n) is 36.1. The normalized spacial score (nSPS) is 16.3. The molecule has 0 spiro atoms. The SMILES string of the molecule is CC(C)C[C@H](NC(=O)[C@@H](NC(=O)[C@H](Cc1ccc(O)cc1)NC(=O)[C@@H]1CCCN1C(=O)[C@H](CCCN=C(N)N)NC(=O)[C@@H](C)CCCN)C(C)(C)C)C(=O)O.O=C(O)C(F)(F)F. The molecule has 1 saturated heterocycles. The van der Waals surface area contributed by atoms with E-state index >= 15 is 0 Å². The highest BCUT2D eigenvalue weighted by Gasteiger charge is 2.41. The minimum Gasteiger partial charge on any atom is -0.508 e. The summed E-state index contributed by atoms with van der Waals surface area (Å²) >= 11 is 0. The number of aliphatic imine (C=N–C) groups is 1. The Morgan fingerprint density at radius 2 is 1.42 bits per heavy atom. The summed E-state index contributed by atoms with van der Waals surface area (Å²) in [4.78, 5) is 95.1. The average Bonchev–Trinajstić information content (AvgIpc) is 3.66. The lowest BCUT2D eigenvalue weighted by atomic mass is 9.85. The summed E-state index contributed by atoms with van der Waals surface area (Å²) in [6, 6.07) is 0.518. The van der Waals surface area contributed by atoms with E-state index in [4.69, 9.17) is 27.1 Å². The van der Waals surface area contributed by atoms with E-state index in [9.17, 15) is 52.2 Å². The van der Waals surface area contributed by atoms with Crippen LogP contribution < -0.4 is 38.5 Å². The van der Waals surface area contributed by atoms with Crippen LogP contribution in [-0.2, 0) is 40.0 Å². The van der Waals surface area contributed by atoms with Crippen LogP contribution in [0.25, 0.3) is 0 Å². The number of carbonyl (C=O) groups excluding carboxylic acids is 5. The van der Waals surface area contributed by atoms with Crippen LogP contribution in [0.4, 0.5) is 13.2 Å². The topological polar surface area (TPSA) is 322 Å². The summed E-state index contributed by atoms with van der Waals surface area (Å²) < 4.78 is 31.7. The summed E-state index contributed by atoms with van der Waals surface area (Å²) in [6.45, 7) is 11.5. The molecule has 1 aliphatic heterocycles. The van der Waals surface area contributed by atoms with Crippen LogP contribution in [0, 0.1) is 17.3 Å². The van der Waals surface area contributed by atoms with E-state index in [2.05, 4.69) is 26.3 Å². The van der Waals surface area contributed by atoms with E-state index < -0.39 is 83.3 Å². The molecule has 1 fully saturated rings. The Balaban J connectivity index is 0.00000251. The first-order valence-corrected chi connectivity index (χ1v) is 20.3. The van der Waals surface area contributed by atoms with Crippen molar-refractivity contribution in [2.45, 2.75) is 129 Å². The van der Waals surface area contributed by atoms with E-state index in [1.54, 1.807) is 39.8 Å². The molecule has 22 heteroatoms. The number of benzene rings is 1. The molecule has 0 aromatic heterocycles. The Morgan fingerprint density at radius 3 is 1.92 bits per heavy atom. The predicted molar refractivity (Wildman–Crippen MR) is 222 cm³/mol. The molecule has 5 amide bonds. The van der Waals surface area contributed by atoms with Crippen LogP contribution in [0.1, 0.15) is 92.1 Å². The van der Waals surface area contributed by atoms with E-state index in [0.717, 1.165) is 0 Å². The number of likely N-dealkylation sites (tertiary alicyclic amines) is 1. The number of halogens is 3. The fourth-order valence-electron chi connectivity index (χ4n) is 6.34. The summed E-state index contributed by atoms with van der Waals surface area (Å²) in [7, 11) is 0. The van der Waals surface area contributed by atoms with Crippen molar-refractivity contribution in [2.24, 2.45) is 39.4 Å². The van der Waals surface area contributed by atoms with Gasteiger partial charge in [0.1, 0.15) is 36.0 Å². The van der Waals surface area contributed by atoms with Crippen molar-refractivity contribution in [3.63, 3.8) is 0 Å². The third-order valence-corrected chi connectivity index (χ3v) is 9.68. The lowest BCUT2D eigenvalue weighted by Gasteiger charge is -2.33. The van der Waals surface area contributed by atoms with Crippen molar-refractivity contribution >= 4 is 47.4 Å². The van der Waals surface area contributed by atoms with Gasteiger partial charge in [0.25, 0.3) is 0 Å². The number of hydrogen-bond acceptors (Lipinski definition) is 10. The number of nitrogens with one attached hydrogen (secondary N) is 4. The largest absolute Gasteiger partial charge is 0.508 e. The van der Waals surface area contributed by atoms with Gasteiger partial charge in [-0.2, -0.15) is 13.2 Å². The number of hydrogen-bond donors (Lipinski definition) is 10. The number of guanidine groups is 1. The lowest BCUT2D eigenvalue weighted by molar-refractivity contribution is -0.192. The molecule has 0 unspecified atom stereocenters. The maximum Gasteiger partial charge on any atom is 0.490 e. The third kappa shape index (κ3) is 19.4. The van der Waals surface area contributed by atoms with Crippen LogP contribution in [0.3, 0.4) is 0 Å². The highest BCUT2D eigenvalue weighted by molar-refractivity contribution is 5.96. The van der Waals surface area contributed by atoms with Crippen LogP contribution in [0.5, 0.6) is 5.75 Å². The molecule has 0 aliphatic carbocycles. The number of alkyl halides is 3. The van der Waals surface area contributed by atoms with Gasteiger partial charge in [-0.1, -0.05) is 53.7 Å². The summed E-state index contributed by atoms with van der Waals surface area (Å²) in [5.74, 6) is -7.28. The molecular weight excluding hydrogens is 823 g/mol. The molecule has 0 saturated carbocycles. The number of rotatable bonds is 21. The Morgan fingerprint density at radius 1 is 0.839 bits per heavy atom. The molecular formula is C40H64F3N9O10. The fraction of sp³-hybridized carbons (Fsp3) is 0.650. The van der Waals surface area contributed by atoms with Gasteiger partial charge in [0.15, 0.2) is 5.96 Å². The zero-order valence-corrected chi connectivity index (χ0v) is 36.1. The first kappa shape index (κ1) is 54.3. The molecule has 2 rings (SSSR count). The van der Waals surface area contributed by atoms with Gasteiger partial charge in [0, 0.05) is 25.4 Å². The molecule has 0 bridgehead atoms. The standard InChI is InChI=1S/C38H63N9O8.C2HF3O2/c1-22(2)20-28(36(54)55)45-34(52)30(38(4,5)6)46-32(50)27(21-24-13-15-25(48)16-14-24)44-33(51)29-12-9-19-47(29)35(53)26(11-8-18-42-37(40)41)43-31(49)23(3)10-7-17-39;3-2(4,5)1(6)7/h13-16,22-23,26-30,48H,7-12,17-21,39H2,1-6H3,(H,43,49)(H,44,51)(H,45,52)(H,46,50)(H,54,55)(H4,40,41,42);(H,6,7)/t23-,26-,27-,28-,29-,30+;/m0./s1. The minimum atomic E-state index is -5.08. The van der Waals surface area contributed by atoms with Crippen molar-refractivity contribution in [1.82, 2.24) is 26.2 Å². The number of aliphatic carboxylic acids is 2. The molecule has 0 radical (unpaired) electrons. The van der Waals surface area contributed by atoms with Crippen LogP contribution in [0.2, 0.25) is 0 Å². The maximum absolute atomic E-state index is 14.1. The quantitative estimate of drug-likeness (QED) is 0.0471. The van der Waals surface area contributed by atoms with Gasteiger partial charge >= 0.3 is 18.1 Å². The second-order valence-electron chi connectivity index (χ2n) is 16.6. The number of aromatic hydroxyl groups is 1. The number of nitrogens with zero attached hydrogens (tertiary/aromatic N) is 2. The molecule has 13 N–H and O–H groups in total. The van der Waals surface area contributed by atoms with Crippen molar-refractivity contribution in [1.29, 1.82) is 0 Å². The smallest absolute Gasteiger partial charge is 0.490 e. The van der Waals surface area contributed by atoms with Gasteiger partial charge in [0.2, 0.25) is 29.5 Å². The Labute approximate surface area is 359 Å². The predicted octanol–water partition coefficient (Wildman–Crippen LogP) is 1.10. The summed E-state index contributed by atoms with van der Waals surface area (Å²) in [6.07, 6.45) is -2.40. The molecule has 1 heterocycles. The molecule has 1 aromatic rings. The number of phenolic OH excluding ortho intramolecular Hbond substituents is 1. The molecule has 1 aromatic carbocycles. The van der Waals surface area contributed by atoms with Crippen molar-refractivity contribution in [3.8, 4) is 5.75 Å². The summed E-state index contributed by atoms with van der Waals surface area (Å²) in [5.41, 5.74) is 16.3. The Kier molecular flexibility index (Phi) is 22.2. The van der Waals surface area contributed by atoms with Gasteiger partial charge in [-0.3, -0.25) is 29.0 Å². The highest BCUT2D eigenvalue weighted by atomic mass is 19.4. The lowest BCUT2D eigenvalue weighted by Crippen LogP contribution is -2.61. The van der Waals surface area contributed by atoms with Gasteiger partial charge < -0.3 is 58.7 Å². The van der Waals surface area contributed by atoms with Crippen molar-refractivity contribution in [2.75, 3.05) is 19.6 Å². The van der Waals surface area contributed by atoms with Crippen LogP contribution >= 0.6 is 0 Å². The van der Waals surface area contributed by atoms with Crippen molar-refractivity contribution in [3.05, 3.63) is 29.8 Å². The molecule has 1 aliphatic rings. The monoisotopic (exact) mass is 887 g/mol. The second kappa shape index (κ2) is 25.3. The van der Waals surface area contributed by atoms with E-state index in [1.165, 1.54) is 17.0 Å². The number of carbonyl (C=O) groups is 7. The molecule has 6 atom stereocenters. The minimum absolute atomic E-state index is 0.00136. The zero-order chi connectivity index (χ0) is 47.5. The van der Waals surface area contributed by atoms with E-state index in [-0.39, 0.29) is 55.9 Å². The Bertz CT molecular complexity index is 1700. The van der Waals surface area contributed by atoms with Crippen LogP contribution in [-0.4, -0.2) is 124 Å². The second-order valence-corrected chi connectivity index (χ2v) is 16.6. The molecule has 350 valence electrons. The third-order valence-electron chi connectivity index (χ3n) is 9.68. The number of amides is 5. The Hall–Kier alpha value is -5.67. The summed E-state index contributed by atoms with van der Waals surface area (Å²) in [5, 5.41) is 37.7. The number of carboxylic acids is 2. The fourth-order valence-corrected chi connectivity index (χ4v) is 6.34. The van der Waals surface area contributed by atoms with Gasteiger partial charge in [0.05, 0.1) is 0 Å². The van der Waals surface area contributed by atoms with E-state index in [0.29, 0.717) is 44.2 Å². The van der Waals surface area contributed by atoms with Gasteiger partial charge in [-0.25, -0.2) is 9.59 Å². The van der Waals surface area contributed by atoms with E-state index in [1.807, 2.05) is 13.8 Å². The maximum atomic E-state index is 14.1. The average molecular weight is 888 g/mol. The van der Waals surface area contributed by atoms with Crippen LogP contribution in [0.15, 0.2) is 29.3 Å². The molecule has 62 heavy (non-hydrogen) atoms. The number of nitrogens with two attached hydrogens (primary N) is 3. The number of phenols is 1.